The van der Waals surface area contributed by atoms with Gasteiger partial charge in [0.1, 0.15) is 0 Å². The van der Waals surface area contributed by atoms with Crippen molar-refractivity contribution < 1.29 is 14.3 Å². The van der Waals surface area contributed by atoms with Crippen molar-refractivity contribution in [2.24, 2.45) is 0 Å². The number of nitrogens with one attached hydrogen (secondary N) is 2. The fraction of sp³-hybridized carbons (Fsp3) is 0.375. The molecule has 2 N–H and O–H groups in total. The van der Waals surface area contributed by atoms with Crippen molar-refractivity contribution in [1.29, 1.82) is 0 Å². The van der Waals surface area contributed by atoms with Crippen LogP contribution in [0.15, 0.2) is 41.6 Å². The maximum absolute atomic E-state index is 12.7. The van der Waals surface area contributed by atoms with Crippen LogP contribution >= 0.6 is 0 Å². The molecule has 6 heteroatoms. The Labute approximate surface area is 129 Å². The molecule has 3 amide bonds. The minimum absolute atomic E-state index is 0.0209. The summed E-state index contributed by atoms with van der Waals surface area (Å²) in [5.41, 5.74) is 2.26. The zero-order valence-electron chi connectivity index (χ0n) is 12.5. The van der Waals surface area contributed by atoms with Gasteiger partial charge < -0.3 is 20.3 Å². The van der Waals surface area contributed by atoms with Gasteiger partial charge in [-0.1, -0.05) is 30.3 Å². The van der Waals surface area contributed by atoms with E-state index in [1.807, 2.05) is 30.3 Å². The summed E-state index contributed by atoms with van der Waals surface area (Å²) >= 11 is 0. The van der Waals surface area contributed by atoms with Crippen LogP contribution in [0.4, 0.5) is 4.79 Å². The van der Waals surface area contributed by atoms with E-state index in [1.165, 1.54) is 0 Å². The molecule has 0 fully saturated rings. The Bertz CT molecular complexity index is 612. The molecule has 0 aromatic heterocycles. The van der Waals surface area contributed by atoms with Gasteiger partial charge in [0.2, 0.25) is 0 Å². The summed E-state index contributed by atoms with van der Waals surface area (Å²) in [5, 5.41) is 5.61. The maximum Gasteiger partial charge on any atom is 0.319 e. The molecule has 0 saturated heterocycles. The summed E-state index contributed by atoms with van der Waals surface area (Å²) in [6, 6.07) is 8.90. The average Bonchev–Trinajstić information content (AvgIpc) is 2.84. The van der Waals surface area contributed by atoms with Crippen molar-refractivity contribution in [2.75, 3.05) is 26.8 Å². The molecule has 0 aliphatic carbocycles. The first-order valence-electron chi connectivity index (χ1n) is 7.34. The van der Waals surface area contributed by atoms with Gasteiger partial charge in [0.15, 0.2) is 0 Å². The lowest BCUT2D eigenvalue weighted by Crippen LogP contribution is -2.44. The molecule has 2 aliphatic rings. The largest absolute Gasteiger partial charge is 0.385 e. The normalized spacial score (nSPS) is 20.8. The van der Waals surface area contributed by atoms with Gasteiger partial charge in [-0.05, 0) is 12.0 Å². The maximum atomic E-state index is 12.7. The Hall–Kier alpha value is -2.34. The Morgan fingerprint density at radius 3 is 2.77 bits per heavy atom. The molecule has 1 unspecified atom stereocenters. The number of ether oxygens (including phenoxy) is 1. The highest BCUT2D eigenvalue weighted by Crippen LogP contribution is 2.32. The predicted octanol–water partition coefficient (Wildman–Crippen LogP) is 1.17. The highest BCUT2D eigenvalue weighted by atomic mass is 16.5. The van der Waals surface area contributed by atoms with Crippen molar-refractivity contribution in [1.82, 2.24) is 15.5 Å². The van der Waals surface area contributed by atoms with E-state index in [9.17, 15) is 9.59 Å². The van der Waals surface area contributed by atoms with Gasteiger partial charge in [-0.2, -0.15) is 0 Å². The quantitative estimate of drug-likeness (QED) is 0.802. The third kappa shape index (κ3) is 2.69. The molecular weight excluding hydrogens is 282 g/mol. The molecule has 0 spiro atoms. The van der Waals surface area contributed by atoms with Gasteiger partial charge in [-0.25, -0.2) is 4.79 Å². The summed E-state index contributed by atoms with van der Waals surface area (Å²) in [4.78, 5) is 26.3. The third-order valence-electron chi connectivity index (χ3n) is 3.93. The Morgan fingerprint density at radius 2 is 2.05 bits per heavy atom. The number of rotatable bonds is 5. The number of amides is 3. The smallest absolute Gasteiger partial charge is 0.319 e. The van der Waals surface area contributed by atoms with E-state index in [0.717, 1.165) is 12.0 Å². The zero-order valence-corrected chi connectivity index (χ0v) is 12.5. The minimum atomic E-state index is -0.384. The molecular formula is C16H19N3O3. The average molecular weight is 301 g/mol. The SMILES string of the molecule is COCCCN1CC2=C(C1=O)C(c1ccccc1)NC(=O)N2. The number of methoxy groups -OCH3 is 1. The second kappa shape index (κ2) is 6.19. The topological polar surface area (TPSA) is 70.7 Å². The second-order valence-electron chi connectivity index (χ2n) is 5.41. The monoisotopic (exact) mass is 301 g/mol. The lowest BCUT2D eigenvalue weighted by Gasteiger charge is -2.25. The van der Waals surface area contributed by atoms with Gasteiger partial charge in [0, 0.05) is 20.3 Å². The number of carbonyl (C=O) groups is 2. The van der Waals surface area contributed by atoms with Gasteiger partial charge in [0.25, 0.3) is 5.91 Å². The van der Waals surface area contributed by atoms with Crippen LogP contribution in [-0.2, 0) is 9.53 Å². The Kier molecular flexibility index (Phi) is 4.11. The first-order valence-corrected chi connectivity index (χ1v) is 7.34. The number of hydrogen-bond donors (Lipinski definition) is 2. The lowest BCUT2D eigenvalue weighted by atomic mass is 9.96. The number of nitrogens with zero attached hydrogens (tertiary/aromatic N) is 1. The highest BCUT2D eigenvalue weighted by molar-refractivity contribution is 6.01. The molecule has 2 heterocycles. The van der Waals surface area contributed by atoms with Crippen LogP contribution in [0.1, 0.15) is 18.0 Å². The highest BCUT2D eigenvalue weighted by Gasteiger charge is 2.39. The predicted molar refractivity (Wildman–Crippen MR) is 80.9 cm³/mol. The van der Waals surface area contributed by atoms with Gasteiger partial charge in [0.05, 0.1) is 23.9 Å². The van der Waals surface area contributed by atoms with Crippen LogP contribution in [0, 0.1) is 0 Å². The Balaban J connectivity index is 1.83. The summed E-state index contributed by atoms with van der Waals surface area (Å²) in [6.45, 7) is 1.69. The van der Waals surface area contributed by atoms with E-state index in [-0.39, 0.29) is 18.0 Å². The first-order chi connectivity index (χ1) is 10.7. The van der Waals surface area contributed by atoms with E-state index in [1.54, 1.807) is 12.0 Å². The molecule has 1 atom stereocenters. The Morgan fingerprint density at radius 1 is 1.27 bits per heavy atom. The van der Waals surface area contributed by atoms with Crippen LogP contribution in [0.5, 0.6) is 0 Å². The van der Waals surface area contributed by atoms with Crippen LogP contribution in [0.2, 0.25) is 0 Å². The van der Waals surface area contributed by atoms with Gasteiger partial charge in [-0.3, -0.25) is 4.79 Å². The van der Waals surface area contributed by atoms with Crippen LogP contribution in [-0.4, -0.2) is 43.6 Å². The van der Waals surface area contributed by atoms with Crippen molar-refractivity contribution in [3.05, 3.63) is 47.2 Å². The lowest BCUT2D eigenvalue weighted by molar-refractivity contribution is -0.125. The van der Waals surface area contributed by atoms with Crippen LogP contribution in [0.3, 0.4) is 0 Å². The molecule has 0 bridgehead atoms. The van der Waals surface area contributed by atoms with Gasteiger partial charge in [-0.15, -0.1) is 0 Å². The zero-order chi connectivity index (χ0) is 15.5. The third-order valence-corrected chi connectivity index (χ3v) is 3.93. The summed E-state index contributed by atoms with van der Waals surface area (Å²) in [5.74, 6) is -0.0209. The van der Waals surface area contributed by atoms with Crippen molar-refractivity contribution in [2.45, 2.75) is 12.5 Å². The number of hydrogen-bond acceptors (Lipinski definition) is 3. The van der Waals surface area contributed by atoms with Crippen LogP contribution < -0.4 is 10.6 Å². The number of urea groups is 1. The molecule has 22 heavy (non-hydrogen) atoms. The van der Waals surface area contributed by atoms with E-state index in [2.05, 4.69) is 10.6 Å². The van der Waals surface area contributed by atoms with Gasteiger partial charge >= 0.3 is 6.03 Å². The molecule has 1 aromatic rings. The summed E-state index contributed by atoms with van der Waals surface area (Å²) < 4.78 is 5.03. The van der Waals surface area contributed by atoms with E-state index in [0.29, 0.717) is 31.0 Å². The van der Waals surface area contributed by atoms with Crippen molar-refractivity contribution in [3.63, 3.8) is 0 Å². The first kappa shape index (κ1) is 14.6. The van der Waals surface area contributed by atoms with E-state index >= 15 is 0 Å². The fourth-order valence-corrected chi connectivity index (χ4v) is 2.90. The summed E-state index contributed by atoms with van der Waals surface area (Å²) in [7, 11) is 1.64. The fourth-order valence-electron chi connectivity index (χ4n) is 2.90. The minimum Gasteiger partial charge on any atom is -0.385 e. The molecule has 116 valence electrons. The standard InChI is InChI=1S/C16H19N3O3/c1-22-9-5-8-19-10-12-13(15(19)20)14(18-16(21)17-12)11-6-3-2-4-7-11/h2-4,6-7,14H,5,8-10H2,1H3,(H2,17,18,21). The van der Waals surface area contributed by atoms with Crippen LogP contribution in [0.25, 0.3) is 0 Å². The molecule has 2 aliphatic heterocycles. The molecule has 0 radical (unpaired) electrons. The van der Waals surface area contributed by atoms with Crippen molar-refractivity contribution >= 4 is 11.9 Å². The molecule has 3 rings (SSSR count). The van der Waals surface area contributed by atoms with E-state index < -0.39 is 0 Å². The number of carbonyl (C=O) groups excluding carboxylic acids is 2. The molecule has 1 aromatic carbocycles. The molecule has 0 saturated carbocycles. The number of benzene rings is 1. The van der Waals surface area contributed by atoms with E-state index in [4.69, 9.17) is 4.74 Å². The second-order valence-corrected chi connectivity index (χ2v) is 5.41. The van der Waals surface area contributed by atoms with Crippen molar-refractivity contribution in [3.8, 4) is 0 Å². The summed E-state index contributed by atoms with van der Waals surface area (Å²) in [6.07, 6.45) is 0.778. The molecule has 6 nitrogen and oxygen atoms in total.